The third kappa shape index (κ3) is 17.7. The molecule has 430 valence electrons. The number of aliphatic hydroxyl groups excluding tert-OH is 2. The number of esters is 4. The van der Waals surface area contributed by atoms with Crippen molar-refractivity contribution in [3.05, 3.63) is 88.7 Å². The van der Waals surface area contributed by atoms with Gasteiger partial charge in [0.15, 0.2) is 24.4 Å². The number of hydrogen-bond acceptors (Lipinski definition) is 15. The van der Waals surface area contributed by atoms with Gasteiger partial charge in [-0.05, 0) is 86.0 Å². The number of aliphatic hydroxyl groups is 2. The number of nitrogens with zero attached hydrogens (tertiary/aromatic N) is 6. The Morgan fingerprint density at radius 2 is 0.795 bits per heavy atom. The zero-order chi connectivity index (χ0) is 58.3. The van der Waals surface area contributed by atoms with Crippen molar-refractivity contribution in [2.24, 2.45) is 23.7 Å². The highest BCUT2D eigenvalue weighted by Crippen LogP contribution is 2.25. The summed E-state index contributed by atoms with van der Waals surface area (Å²) in [5.74, 6) is -7.58. The molecule has 0 unspecified atom stereocenters. The Hall–Kier alpha value is -6.67. The lowest BCUT2D eigenvalue weighted by Gasteiger charge is -2.35. The number of carbonyl (C=O) groups is 8. The van der Waals surface area contributed by atoms with E-state index in [1.54, 1.807) is 65.3 Å². The van der Waals surface area contributed by atoms with E-state index >= 15 is 0 Å². The van der Waals surface area contributed by atoms with Crippen LogP contribution in [0.25, 0.3) is 0 Å². The van der Waals surface area contributed by atoms with Gasteiger partial charge in [-0.15, -0.1) is 0 Å². The summed E-state index contributed by atoms with van der Waals surface area (Å²) >= 11 is 0. The number of cyclic esters (lactones) is 4. The molecule has 0 radical (unpaired) electrons. The first kappa shape index (κ1) is 63.9. The van der Waals surface area contributed by atoms with Gasteiger partial charge in [0.2, 0.25) is 0 Å². The summed E-state index contributed by atoms with van der Waals surface area (Å²) in [6.45, 7) is 17.0. The normalized spacial score (nSPS) is 23.5. The maximum Gasteiger partial charge on any atom is 0.329 e. The second-order valence-electron chi connectivity index (χ2n) is 22.2. The van der Waals surface area contributed by atoms with Gasteiger partial charge in [0, 0.05) is 41.0 Å². The van der Waals surface area contributed by atoms with E-state index in [-0.39, 0.29) is 82.0 Å². The maximum absolute atomic E-state index is 15.0. The van der Waals surface area contributed by atoms with Crippen LogP contribution in [-0.4, -0.2) is 164 Å². The van der Waals surface area contributed by atoms with Gasteiger partial charge in [-0.2, -0.15) is 5.10 Å². The first-order valence-corrected chi connectivity index (χ1v) is 26.9. The molecule has 0 spiro atoms. The third-order valence-corrected chi connectivity index (χ3v) is 13.8. The second-order valence-corrected chi connectivity index (χ2v) is 22.2. The minimum atomic E-state index is -1.59. The van der Waals surface area contributed by atoms with E-state index in [9.17, 15) is 48.6 Å². The number of hydrogen-bond donors (Lipinski definition) is 2. The minimum Gasteiger partial charge on any atom is -0.451 e. The van der Waals surface area contributed by atoms with Crippen molar-refractivity contribution >= 4 is 47.5 Å². The molecule has 78 heavy (non-hydrogen) atoms. The third-order valence-electron chi connectivity index (χ3n) is 13.8. The van der Waals surface area contributed by atoms with Crippen molar-refractivity contribution in [1.29, 1.82) is 0 Å². The van der Waals surface area contributed by atoms with Crippen LogP contribution in [0.3, 0.4) is 0 Å². The largest absolute Gasteiger partial charge is 0.451 e. The van der Waals surface area contributed by atoms with E-state index in [0.29, 0.717) is 22.5 Å². The molecule has 0 bridgehead atoms. The molecule has 1 fully saturated rings. The number of ether oxygens (including phenoxy) is 4. The molecule has 8 atom stereocenters. The van der Waals surface area contributed by atoms with Crippen LogP contribution in [0.4, 0.5) is 0 Å². The van der Waals surface area contributed by atoms with Crippen molar-refractivity contribution in [1.82, 2.24) is 29.4 Å². The lowest BCUT2D eigenvalue weighted by molar-refractivity contribution is -0.176. The molecule has 20 nitrogen and oxygen atoms in total. The summed E-state index contributed by atoms with van der Waals surface area (Å²) in [7, 11) is 5.49. The number of benzene rings is 2. The molecule has 3 aromatic rings. The SMILES string of the molecule is CC(C)C[C@H]1C(=O)O[C@H](Cc2ccc(Cn3nc(CO)cc3CO)cc2)C(=O)N(C)[C@@H](CC(C)C)C(=O)O[C@H](C)C(=O)N(C)[C@@H](CC(C)C)C(=O)O[C@H](Cc2ccccc2)C(=O)N(C)[C@@H](CC(C)C)C(=O)O[C@H](C)C(=O)N1C. The predicted octanol–water partition coefficient (Wildman–Crippen LogP) is 4.89. The fraction of sp³-hybridized carbons (Fsp3) is 0.603. The maximum atomic E-state index is 15.0. The molecule has 2 N–H and O–H groups in total. The zero-order valence-corrected chi connectivity index (χ0v) is 48.0. The number of likely N-dealkylation sites (N-methyl/N-ethyl adjacent to an activating group) is 4. The molecule has 2 heterocycles. The predicted molar refractivity (Wildman–Crippen MR) is 288 cm³/mol. The molecule has 1 aromatic heterocycles. The fourth-order valence-electron chi connectivity index (χ4n) is 9.33. The average Bonchev–Trinajstić information content (AvgIpc) is 3.79. The van der Waals surface area contributed by atoms with Crippen LogP contribution in [0.15, 0.2) is 60.7 Å². The summed E-state index contributed by atoms with van der Waals surface area (Å²) in [6.07, 6.45) is -6.07. The summed E-state index contributed by atoms with van der Waals surface area (Å²) in [4.78, 5) is 121. The molecule has 1 aliphatic rings. The van der Waals surface area contributed by atoms with Gasteiger partial charge < -0.3 is 48.8 Å². The van der Waals surface area contributed by atoms with Crippen molar-refractivity contribution in [2.75, 3.05) is 28.2 Å². The Morgan fingerprint density at radius 3 is 1.14 bits per heavy atom. The van der Waals surface area contributed by atoms with E-state index in [2.05, 4.69) is 5.10 Å². The topological polar surface area (TPSA) is 245 Å². The summed E-state index contributed by atoms with van der Waals surface area (Å²) in [6, 6.07) is 12.2. The fourth-order valence-corrected chi connectivity index (χ4v) is 9.33. The molecular weight excluding hydrogens is 1000 g/mol. The molecule has 4 amide bonds. The van der Waals surface area contributed by atoms with E-state index in [0.717, 1.165) is 25.2 Å². The highest BCUT2D eigenvalue weighted by Gasteiger charge is 2.43. The van der Waals surface area contributed by atoms with Crippen LogP contribution in [0.2, 0.25) is 0 Å². The lowest BCUT2D eigenvalue weighted by Crippen LogP contribution is -2.55. The Kier molecular flexibility index (Phi) is 24.0. The number of carbonyl (C=O) groups excluding carboxylic acids is 8. The smallest absolute Gasteiger partial charge is 0.329 e. The molecule has 1 aliphatic heterocycles. The standard InChI is InChI=1S/C58H84N6O14/c1-34(2)24-45-55(71)75-39(10)52(68)61(12)48(27-37(7)8)58(74)78-50(29-41-20-22-42(23-21-41)31-64-44(33-66)30-43(32-65)59-64)54(70)63(14)46(25-35(3)4)56(72)76-38(9)51(67)60(11)47(26-36(5)6)57(73)77-49(53(69)62(45)13)28-40-18-16-15-17-19-40/h15-23,30,34-39,45-50,65-66H,24-29,31-33H2,1-14H3/t38-,39-,45+,46+,47+,48+,49-,50-/m1/s1. The van der Waals surface area contributed by atoms with Gasteiger partial charge in [0.1, 0.15) is 24.2 Å². The van der Waals surface area contributed by atoms with E-state index in [1.807, 2.05) is 55.4 Å². The molecule has 2 aromatic carbocycles. The Bertz CT molecular complexity index is 2500. The van der Waals surface area contributed by atoms with Crippen LogP contribution in [-0.2, 0) is 89.9 Å². The minimum absolute atomic E-state index is 0.0594. The van der Waals surface area contributed by atoms with Crippen molar-refractivity contribution < 1.29 is 67.5 Å². The highest BCUT2D eigenvalue weighted by molar-refractivity contribution is 5.94. The lowest BCUT2D eigenvalue weighted by atomic mass is 9.99. The summed E-state index contributed by atoms with van der Waals surface area (Å²) in [5, 5.41) is 23.9. The first-order valence-electron chi connectivity index (χ1n) is 26.9. The van der Waals surface area contributed by atoms with Gasteiger partial charge in [-0.25, -0.2) is 19.2 Å². The van der Waals surface area contributed by atoms with Gasteiger partial charge >= 0.3 is 23.9 Å². The molecule has 0 aliphatic carbocycles. The Labute approximate surface area is 459 Å². The molecular formula is C58H84N6O14. The van der Waals surface area contributed by atoms with Gasteiger partial charge in [-0.3, -0.25) is 23.9 Å². The number of rotatable bonds is 16. The van der Waals surface area contributed by atoms with Crippen LogP contribution in [0.5, 0.6) is 0 Å². The van der Waals surface area contributed by atoms with E-state index in [1.165, 1.54) is 42.0 Å². The van der Waals surface area contributed by atoms with Crippen LogP contribution in [0, 0.1) is 23.7 Å². The van der Waals surface area contributed by atoms with Gasteiger partial charge in [0.25, 0.3) is 23.6 Å². The van der Waals surface area contributed by atoms with E-state index < -0.39 is 96.1 Å². The Balaban J connectivity index is 1.86. The second kappa shape index (κ2) is 29.3. The molecule has 0 saturated carbocycles. The van der Waals surface area contributed by atoms with Gasteiger partial charge in [0.05, 0.1) is 31.1 Å². The monoisotopic (exact) mass is 1090 g/mol. The van der Waals surface area contributed by atoms with Crippen molar-refractivity contribution in [3.8, 4) is 0 Å². The average molecular weight is 1090 g/mol. The van der Waals surface area contributed by atoms with Gasteiger partial charge in [-0.1, -0.05) is 110 Å². The number of amides is 4. The van der Waals surface area contributed by atoms with Crippen LogP contribution in [0.1, 0.15) is 123 Å². The summed E-state index contributed by atoms with van der Waals surface area (Å²) < 4.78 is 25.5. The van der Waals surface area contributed by atoms with E-state index in [4.69, 9.17) is 18.9 Å². The molecule has 1 saturated heterocycles. The van der Waals surface area contributed by atoms with Crippen molar-refractivity contribution in [2.45, 2.75) is 176 Å². The molecule has 4 rings (SSSR count). The van der Waals surface area contributed by atoms with Crippen molar-refractivity contribution in [3.63, 3.8) is 0 Å². The first-order chi connectivity index (χ1) is 36.7. The van der Waals surface area contributed by atoms with Crippen LogP contribution >= 0.6 is 0 Å². The van der Waals surface area contributed by atoms with Crippen LogP contribution < -0.4 is 0 Å². The Morgan fingerprint density at radius 1 is 0.462 bits per heavy atom. The number of aromatic nitrogens is 2. The molecule has 20 heteroatoms. The zero-order valence-electron chi connectivity index (χ0n) is 48.0. The summed E-state index contributed by atoms with van der Waals surface area (Å²) in [5.41, 5.74) is 2.81. The quantitative estimate of drug-likeness (QED) is 0.143. The highest BCUT2D eigenvalue weighted by atomic mass is 16.6.